The number of anilines is 1. The van der Waals surface area contributed by atoms with Crippen LogP contribution in [0.2, 0.25) is 0 Å². The molecule has 0 radical (unpaired) electrons. The molecule has 1 fully saturated rings. The minimum atomic E-state index is -4.79. The van der Waals surface area contributed by atoms with E-state index >= 15 is 0 Å². The fraction of sp³-hybridized carbons (Fsp3) is 0.600. The summed E-state index contributed by atoms with van der Waals surface area (Å²) in [7, 11) is 0. The molecule has 2 rings (SSSR count). The van der Waals surface area contributed by atoms with Crippen LogP contribution in [-0.4, -0.2) is 47.7 Å². The number of nitrogens with one attached hydrogen (secondary N) is 1. The number of aliphatic hydroxyl groups is 1. The minimum absolute atomic E-state index is 0.0978. The quantitative estimate of drug-likeness (QED) is 0.796. The van der Waals surface area contributed by atoms with Gasteiger partial charge in [0.05, 0.1) is 37.7 Å². The summed E-state index contributed by atoms with van der Waals surface area (Å²) in [6.45, 7) is 0.102. The smallest absolute Gasteiger partial charge is 0.394 e. The van der Waals surface area contributed by atoms with Gasteiger partial charge in [-0.3, -0.25) is 4.79 Å². The highest BCUT2D eigenvalue weighted by Gasteiger charge is 2.40. The van der Waals surface area contributed by atoms with Crippen molar-refractivity contribution >= 4 is 5.69 Å². The summed E-state index contributed by atoms with van der Waals surface area (Å²) in [5, 5.41) is 14.3. The largest absolute Gasteiger partial charge is 0.423 e. The molecule has 2 N–H and O–H groups in total. The first-order valence-electron chi connectivity index (χ1n) is 5.55. The number of H-pyrrole nitrogens is 1. The molecule has 0 saturated carbocycles. The molecule has 6 nitrogen and oxygen atoms in total. The van der Waals surface area contributed by atoms with Crippen molar-refractivity contribution in [3.63, 3.8) is 0 Å². The molecule has 1 aromatic heterocycles. The summed E-state index contributed by atoms with van der Waals surface area (Å²) in [4.78, 5) is 12.7. The minimum Gasteiger partial charge on any atom is -0.394 e. The topological polar surface area (TPSA) is 78.5 Å². The van der Waals surface area contributed by atoms with Crippen LogP contribution < -0.4 is 10.5 Å². The van der Waals surface area contributed by atoms with Crippen LogP contribution in [0.5, 0.6) is 0 Å². The van der Waals surface area contributed by atoms with E-state index in [-0.39, 0.29) is 32.1 Å². The van der Waals surface area contributed by atoms with Crippen molar-refractivity contribution in [1.82, 2.24) is 10.2 Å². The number of aromatic amines is 1. The number of halogens is 3. The number of ether oxygens (including phenoxy) is 1. The molecule has 0 aromatic carbocycles. The third kappa shape index (κ3) is 2.71. The molecular weight excluding hydrogens is 267 g/mol. The van der Waals surface area contributed by atoms with Crippen LogP contribution in [0.1, 0.15) is 5.56 Å². The molecule has 19 heavy (non-hydrogen) atoms. The Labute approximate surface area is 105 Å². The third-order valence-corrected chi connectivity index (χ3v) is 2.87. The van der Waals surface area contributed by atoms with Crippen LogP contribution in [0.4, 0.5) is 18.9 Å². The Morgan fingerprint density at radius 2 is 2.32 bits per heavy atom. The summed E-state index contributed by atoms with van der Waals surface area (Å²) < 4.78 is 43.9. The molecule has 1 saturated heterocycles. The fourth-order valence-corrected chi connectivity index (χ4v) is 2.00. The number of aromatic nitrogens is 2. The van der Waals surface area contributed by atoms with Crippen LogP contribution in [0.15, 0.2) is 11.0 Å². The number of alkyl halides is 3. The maximum atomic E-state index is 12.9. The summed E-state index contributed by atoms with van der Waals surface area (Å²) in [5.74, 6) is 0. The normalized spacial score (nSPS) is 20.6. The van der Waals surface area contributed by atoms with Crippen LogP contribution in [0.25, 0.3) is 0 Å². The summed E-state index contributed by atoms with van der Waals surface area (Å²) >= 11 is 0. The van der Waals surface area contributed by atoms with Crippen molar-refractivity contribution in [1.29, 1.82) is 0 Å². The van der Waals surface area contributed by atoms with Gasteiger partial charge >= 0.3 is 6.18 Å². The predicted molar refractivity (Wildman–Crippen MR) is 58.9 cm³/mol. The highest BCUT2D eigenvalue weighted by atomic mass is 19.4. The van der Waals surface area contributed by atoms with Gasteiger partial charge in [0.25, 0.3) is 5.56 Å². The third-order valence-electron chi connectivity index (χ3n) is 2.87. The molecule has 9 heteroatoms. The van der Waals surface area contributed by atoms with E-state index in [1.165, 1.54) is 4.90 Å². The lowest BCUT2D eigenvalue weighted by Gasteiger charge is -2.36. The number of aliphatic hydroxyl groups excluding tert-OH is 1. The lowest BCUT2D eigenvalue weighted by Crippen LogP contribution is -2.49. The van der Waals surface area contributed by atoms with Gasteiger partial charge in [-0.25, -0.2) is 5.10 Å². The second kappa shape index (κ2) is 5.17. The molecule has 1 aromatic rings. The van der Waals surface area contributed by atoms with Crippen LogP contribution in [0.3, 0.4) is 0 Å². The highest BCUT2D eigenvalue weighted by molar-refractivity contribution is 5.53. The first-order chi connectivity index (χ1) is 8.95. The Morgan fingerprint density at radius 1 is 1.58 bits per heavy atom. The van der Waals surface area contributed by atoms with Gasteiger partial charge in [-0.05, 0) is 0 Å². The molecule has 0 amide bonds. The Hall–Kier alpha value is -1.61. The van der Waals surface area contributed by atoms with Crippen molar-refractivity contribution in [3.8, 4) is 0 Å². The molecule has 1 aliphatic heterocycles. The van der Waals surface area contributed by atoms with E-state index in [9.17, 15) is 23.1 Å². The van der Waals surface area contributed by atoms with Crippen molar-refractivity contribution < 1.29 is 23.0 Å². The van der Waals surface area contributed by atoms with Crippen molar-refractivity contribution in [2.24, 2.45) is 0 Å². The number of hydrogen-bond donors (Lipinski definition) is 2. The average Bonchev–Trinajstić information content (AvgIpc) is 2.37. The van der Waals surface area contributed by atoms with E-state index in [1.54, 1.807) is 5.10 Å². The van der Waals surface area contributed by atoms with Crippen molar-refractivity contribution in [2.45, 2.75) is 12.2 Å². The van der Waals surface area contributed by atoms with Gasteiger partial charge in [0.2, 0.25) is 0 Å². The lowest BCUT2D eigenvalue weighted by atomic mass is 10.1. The Morgan fingerprint density at radius 3 is 2.95 bits per heavy atom. The maximum Gasteiger partial charge on any atom is 0.423 e. The van der Waals surface area contributed by atoms with Gasteiger partial charge in [-0.15, -0.1) is 0 Å². The average molecular weight is 279 g/mol. The van der Waals surface area contributed by atoms with Crippen LogP contribution in [-0.2, 0) is 10.9 Å². The van der Waals surface area contributed by atoms with Gasteiger partial charge in [0.1, 0.15) is 5.56 Å². The van der Waals surface area contributed by atoms with E-state index < -0.39 is 23.3 Å². The summed E-state index contributed by atoms with van der Waals surface area (Å²) in [6, 6.07) is -0.626. The molecule has 0 spiro atoms. The Bertz CT molecular complexity index is 503. The number of nitrogens with zero attached hydrogens (tertiary/aromatic N) is 2. The molecule has 1 atom stereocenters. The molecule has 0 aliphatic carbocycles. The first kappa shape index (κ1) is 13.8. The molecule has 0 bridgehead atoms. The van der Waals surface area contributed by atoms with Crippen molar-refractivity contribution in [3.05, 3.63) is 22.1 Å². The predicted octanol–water partition coefficient (Wildman–Crippen LogP) is -0.0138. The van der Waals surface area contributed by atoms with E-state index in [0.29, 0.717) is 0 Å². The number of rotatable bonds is 2. The van der Waals surface area contributed by atoms with E-state index in [1.807, 2.05) is 0 Å². The van der Waals surface area contributed by atoms with Gasteiger partial charge in [0.15, 0.2) is 0 Å². The van der Waals surface area contributed by atoms with Crippen molar-refractivity contribution in [2.75, 3.05) is 31.3 Å². The summed E-state index contributed by atoms with van der Waals surface area (Å²) in [5.41, 5.74) is -2.94. The number of morpholine rings is 1. The molecule has 2 heterocycles. The van der Waals surface area contributed by atoms with Gasteiger partial charge < -0.3 is 14.7 Å². The zero-order valence-electron chi connectivity index (χ0n) is 9.78. The van der Waals surface area contributed by atoms with Gasteiger partial charge in [0, 0.05) is 6.54 Å². The maximum absolute atomic E-state index is 12.9. The monoisotopic (exact) mass is 279 g/mol. The molecular formula is C10H12F3N3O3. The molecule has 1 aliphatic rings. The highest BCUT2D eigenvalue weighted by Crippen LogP contribution is 2.34. The standard InChI is InChI=1S/C10H12F3N3O3/c11-10(12,13)8-7(3-14-15-9(8)18)16-1-2-19-5-6(16)4-17/h3,6,17H,1-2,4-5H2,(H,15,18). The Kier molecular flexibility index (Phi) is 3.76. The fourth-order valence-electron chi connectivity index (χ4n) is 2.00. The van der Waals surface area contributed by atoms with E-state index in [2.05, 4.69) is 5.10 Å². The Balaban J connectivity index is 2.49. The molecule has 1 unspecified atom stereocenters. The van der Waals surface area contributed by atoms with Gasteiger partial charge in [-0.2, -0.15) is 18.3 Å². The molecule has 106 valence electrons. The van der Waals surface area contributed by atoms with Gasteiger partial charge in [-0.1, -0.05) is 0 Å². The SMILES string of the molecule is O=c1[nH]ncc(N2CCOCC2CO)c1C(F)(F)F. The number of hydrogen-bond acceptors (Lipinski definition) is 5. The van der Waals surface area contributed by atoms with Crippen LogP contribution in [0, 0.1) is 0 Å². The second-order valence-electron chi connectivity index (χ2n) is 4.06. The lowest BCUT2D eigenvalue weighted by molar-refractivity contribution is -0.138. The second-order valence-corrected chi connectivity index (χ2v) is 4.06. The van der Waals surface area contributed by atoms with E-state index in [4.69, 9.17) is 4.74 Å². The van der Waals surface area contributed by atoms with E-state index in [0.717, 1.165) is 6.20 Å². The zero-order valence-corrected chi connectivity index (χ0v) is 9.78. The van der Waals surface area contributed by atoms with Crippen LogP contribution >= 0.6 is 0 Å². The first-order valence-corrected chi connectivity index (χ1v) is 5.55. The summed E-state index contributed by atoms with van der Waals surface area (Å²) in [6.07, 6.45) is -3.84. The zero-order chi connectivity index (χ0) is 14.0.